The minimum atomic E-state index is -0.156. The van der Waals surface area contributed by atoms with Crippen LogP contribution in [0.25, 0.3) is 10.9 Å². The van der Waals surface area contributed by atoms with E-state index in [-0.39, 0.29) is 17.7 Å². The Morgan fingerprint density at radius 1 is 1.21 bits per heavy atom. The van der Waals surface area contributed by atoms with Gasteiger partial charge in [0.25, 0.3) is 5.91 Å². The molecule has 0 unspecified atom stereocenters. The molecule has 1 aliphatic rings. The molecule has 1 aromatic carbocycles. The van der Waals surface area contributed by atoms with Crippen molar-refractivity contribution in [1.29, 1.82) is 0 Å². The predicted octanol–water partition coefficient (Wildman–Crippen LogP) is 2.61. The number of aromatic hydroxyl groups is 1. The number of amides is 1. The average Bonchev–Trinajstić information content (AvgIpc) is 2.92. The molecule has 1 heterocycles. The number of fused-ring (bicyclic) bond motifs is 1. The summed E-state index contributed by atoms with van der Waals surface area (Å²) in [4.78, 5) is 16.4. The molecule has 4 heteroatoms. The maximum absolute atomic E-state index is 12.1. The number of hydrogen-bond acceptors (Lipinski definition) is 3. The van der Waals surface area contributed by atoms with Gasteiger partial charge in [-0.05, 0) is 25.0 Å². The van der Waals surface area contributed by atoms with Gasteiger partial charge in [-0.2, -0.15) is 0 Å². The highest BCUT2D eigenvalue weighted by Gasteiger charge is 2.18. The summed E-state index contributed by atoms with van der Waals surface area (Å²) in [5.74, 6) is -0.0509. The van der Waals surface area contributed by atoms with Crippen LogP contribution in [0, 0.1) is 0 Å². The Hall–Kier alpha value is -2.10. The Morgan fingerprint density at radius 2 is 2.00 bits per heavy atom. The fourth-order valence-electron chi connectivity index (χ4n) is 2.59. The second kappa shape index (κ2) is 4.88. The third-order valence-electron chi connectivity index (χ3n) is 3.62. The van der Waals surface area contributed by atoms with Gasteiger partial charge in [-0.25, -0.2) is 4.98 Å². The summed E-state index contributed by atoms with van der Waals surface area (Å²) in [7, 11) is 0. The topological polar surface area (TPSA) is 62.2 Å². The molecule has 4 nitrogen and oxygen atoms in total. The second-order valence-corrected chi connectivity index (χ2v) is 5.00. The number of phenols is 1. The van der Waals surface area contributed by atoms with Crippen LogP contribution in [-0.4, -0.2) is 22.0 Å². The highest BCUT2D eigenvalue weighted by Crippen LogP contribution is 2.23. The Kier molecular flexibility index (Phi) is 3.07. The van der Waals surface area contributed by atoms with Gasteiger partial charge in [0.05, 0.1) is 0 Å². The van der Waals surface area contributed by atoms with E-state index in [1.165, 1.54) is 12.8 Å². The van der Waals surface area contributed by atoms with E-state index < -0.39 is 0 Å². The number of aromatic nitrogens is 1. The van der Waals surface area contributed by atoms with E-state index in [0.29, 0.717) is 11.2 Å². The van der Waals surface area contributed by atoms with E-state index in [4.69, 9.17) is 0 Å². The lowest BCUT2D eigenvalue weighted by Gasteiger charge is -2.11. The van der Waals surface area contributed by atoms with Crippen LogP contribution >= 0.6 is 0 Å². The molecule has 0 aliphatic heterocycles. The third kappa shape index (κ3) is 2.38. The van der Waals surface area contributed by atoms with Crippen LogP contribution in [0.2, 0.25) is 0 Å². The normalized spacial score (nSPS) is 15.8. The zero-order valence-corrected chi connectivity index (χ0v) is 10.6. The fraction of sp³-hybridized carbons (Fsp3) is 0.333. The maximum atomic E-state index is 12.1. The monoisotopic (exact) mass is 256 g/mol. The summed E-state index contributed by atoms with van der Waals surface area (Å²) in [6.45, 7) is 0. The second-order valence-electron chi connectivity index (χ2n) is 5.00. The van der Waals surface area contributed by atoms with Gasteiger partial charge in [-0.1, -0.05) is 31.0 Å². The zero-order chi connectivity index (χ0) is 13.2. The van der Waals surface area contributed by atoms with Crippen LogP contribution in [0.5, 0.6) is 5.75 Å². The van der Waals surface area contributed by atoms with Crippen LogP contribution in [0.4, 0.5) is 0 Å². The van der Waals surface area contributed by atoms with Crippen molar-refractivity contribution in [2.45, 2.75) is 31.7 Å². The molecule has 0 atom stereocenters. The standard InChI is InChI=1S/C15H16N2O2/c18-13-7-3-4-10-8-9-12(17-14(10)13)15(19)16-11-5-1-2-6-11/h3-4,7-9,11,18H,1-2,5-6H2,(H,16,19). The van der Waals surface area contributed by atoms with Gasteiger partial charge < -0.3 is 10.4 Å². The van der Waals surface area contributed by atoms with Crippen molar-refractivity contribution >= 4 is 16.8 Å². The molecule has 3 rings (SSSR count). The predicted molar refractivity (Wildman–Crippen MR) is 73.1 cm³/mol. The lowest BCUT2D eigenvalue weighted by Crippen LogP contribution is -2.33. The SMILES string of the molecule is O=C(NC1CCCC1)c1ccc2cccc(O)c2n1. The number of carbonyl (C=O) groups excluding carboxylic acids is 1. The van der Waals surface area contributed by atoms with Crippen molar-refractivity contribution < 1.29 is 9.90 Å². The van der Waals surface area contributed by atoms with Gasteiger partial charge >= 0.3 is 0 Å². The number of hydrogen-bond donors (Lipinski definition) is 2. The van der Waals surface area contributed by atoms with Crippen molar-refractivity contribution in [1.82, 2.24) is 10.3 Å². The zero-order valence-electron chi connectivity index (χ0n) is 10.6. The molecule has 0 bridgehead atoms. The van der Waals surface area contributed by atoms with Crippen LogP contribution in [0.15, 0.2) is 30.3 Å². The van der Waals surface area contributed by atoms with E-state index in [0.717, 1.165) is 18.2 Å². The van der Waals surface area contributed by atoms with E-state index in [1.54, 1.807) is 18.2 Å². The molecule has 1 aromatic heterocycles. The van der Waals surface area contributed by atoms with Crippen molar-refractivity contribution in [3.8, 4) is 5.75 Å². The van der Waals surface area contributed by atoms with Gasteiger partial charge in [0.15, 0.2) is 0 Å². The van der Waals surface area contributed by atoms with Gasteiger partial charge in [-0.15, -0.1) is 0 Å². The van der Waals surface area contributed by atoms with E-state index in [1.807, 2.05) is 12.1 Å². The Labute approximate surface area is 111 Å². The minimum absolute atomic E-state index is 0.105. The van der Waals surface area contributed by atoms with Gasteiger partial charge in [0.2, 0.25) is 0 Å². The lowest BCUT2D eigenvalue weighted by atomic mass is 10.1. The summed E-state index contributed by atoms with van der Waals surface area (Å²) in [6.07, 6.45) is 4.45. The first-order chi connectivity index (χ1) is 9.24. The first kappa shape index (κ1) is 12.0. The third-order valence-corrected chi connectivity index (χ3v) is 3.62. The first-order valence-electron chi connectivity index (χ1n) is 6.63. The number of para-hydroxylation sites is 1. The van der Waals surface area contributed by atoms with E-state index in [9.17, 15) is 9.90 Å². The molecule has 2 N–H and O–H groups in total. The minimum Gasteiger partial charge on any atom is -0.506 e. The molecule has 2 aromatic rings. The molecule has 1 amide bonds. The van der Waals surface area contributed by atoms with Crippen molar-refractivity contribution in [3.05, 3.63) is 36.0 Å². The summed E-state index contributed by atoms with van der Waals surface area (Å²) in [5, 5.41) is 13.6. The maximum Gasteiger partial charge on any atom is 0.270 e. The number of phenolic OH excluding ortho intramolecular Hbond substituents is 1. The average molecular weight is 256 g/mol. The van der Waals surface area contributed by atoms with Crippen molar-refractivity contribution in [3.63, 3.8) is 0 Å². The number of nitrogens with one attached hydrogen (secondary N) is 1. The molecule has 1 aliphatic carbocycles. The molecular weight excluding hydrogens is 240 g/mol. The van der Waals surface area contributed by atoms with Crippen LogP contribution in [0.3, 0.4) is 0 Å². The molecule has 1 saturated carbocycles. The van der Waals surface area contributed by atoms with Crippen molar-refractivity contribution in [2.75, 3.05) is 0 Å². The largest absolute Gasteiger partial charge is 0.506 e. The molecule has 19 heavy (non-hydrogen) atoms. The van der Waals surface area contributed by atoms with Crippen LogP contribution in [-0.2, 0) is 0 Å². The van der Waals surface area contributed by atoms with Gasteiger partial charge in [0.1, 0.15) is 17.0 Å². The van der Waals surface area contributed by atoms with Crippen LogP contribution in [0.1, 0.15) is 36.2 Å². The van der Waals surface area contributed by atoms with Crippen molar-refractivity contribution in [2.24, 2.45) is 0 Å². The Balaban J connectivity index is 1.87. The van der Waals surface area contributed by atoms with E-state index >= 15 is 0 Å². The fourth-order valence-corrected chi connectivity index (χ4v) is 2.59. The highest BCUT2D eigenvalue weighted by atomic mass is 16.3. The molecular formula is C15H16N2O2. The summed E-state index contributed by atoms with van der Waals surface area (Å²) >= 11 is 0. The number of pyridine rings is 1. The van der Waals surface area contributed by atoms with Gasteiger partial charge in [-0.3, -0.25) is 4.79 Å². The summed E-state index contributed by atoms with van der Waals surface area (Å²) in [5.41, 5.74) is 0.836. The summed E-state index contributed by atoms with van der Waals surface area (Å²) < 4.78 is 0. The Morgan fingerprint density at radius 3 is 2.79 bits per heavy atom. The molecule has 0 saturated heterocycles. The van der Waals surface area contributed by atoms with E-state index in [2.05, 4.69) is 10.3 Å². The van der Waals surface area contributed by atoms with Gasteiger partial charge in [0, 0.05) is 11.4 Å². The van der Waals surface area contributed by atoms with Crippen LogP contribution < -0.4 is 5.32 Å². The molecule has 0 spiro atoms. The first-order valence-corrected chi connectivity index (χ1v) is 6.63. The Bertz CT molecular complexity index is 619. The smallest absolute Gasteiger partial charge is 0.270 e. The lowest BCUT2D eigenvalue weighted by molar-refractivity contribution is 0.0933. The quantitative estimate of drug-likeness (QED) is 0.868. The number of carbonyl (C=O) groups is 1. The summed E-state index contributed by atoms with van der Waals surface area (Å²) in [6, 6.07) is 8.98. The number of rotatable bonds is 2. The number of nitrogens with zero attached hydrogens (tertiary/aromatic N) is 1. The highest BCUT2D eigenvalue weighted by molar-refractivity contribution is 5.96. The molecule has 98 valence electrons. The molecule has 1 fully saturated rings. The molecule has 0 radical (unpaired) electrons. The number of benzene rings is 1.